The lowest BCUT2D eigenvalue weighted by Crippen LogP contribution is -1.73. The van der Waals surface area contributed by atoms with Gasteiger partial charge >= 0.3 is 0 Å². The van der Waals surface area contributed by atoms with E-state index in [1.807, 2.05) is 6.20 Å². The maximum Gasteiger partial charge on any atom is 0.180 e. The first kappa shape index (κ1) is 10.6. The summed E-state index contributed by atoms with van der Waals surface area (Å²) >= 11 is 0. The molecule has 4 rings (SSSR count). The molecule has 18 heavy (non-hydrogen) atoms. The smallest absolute Gasteiger partial charge is 0.180 e. The van der Waals surface area contributed by atoms with Gasteiger partial charge in [0.2, 0.25) is 0 Å². The molecule has 2 aromatic carbocycles. The summed E-state index contributed by atoms with van der Waals surface area (Å²) in [6.07, 6.45) is 6.46. The topological polar surface area (TPSA) is 41.8 Å². The van der Waals surface area contributed by atoms with Crippen LogP contribution < -0.4 is 0 Å². The number of aromatic amines is 1. The van der Waals surface area contributed by atoms with Crippen molar-refractivity contribution in [1.82, 2.24) is 9.97 Å². The summed E-state index contributed by atoms with van der Waals surface area (Å²) in [4.78, 5) is 6.82. The van der Waals surface area contributed by atoms with Crippen molar-refractivity contribution >= 4 is 21.7 Å². The lowest BCUT2D eigenvalue weighted by molar-refractivity contribution is 0.558. The molecule has 0 fully saturated rings. The SMILES string of the molecule is c1ccc2c(c1)ccc1cc[nH]c12.c1cocn1. The first-order chi connectivity index (χ1) is 8.95. The Labute approximate surface area is 104 Å². The van der Waals surface area contributed by atoms with Gasteiger partial charge < -0.3 is 9.40 Å². The van der Waals surface area contributed by atoms with E-state index in [1.165, 1.54) is 34.3 Å². The van der Waals surface area contributed by atoms with Crippen LogP contribution in [0.3, 0.4) is 0 Å². The highest BCUT2D eigenvalue weighted by Gasteiger charge is 1.98. The average molecular weight is 236 g/mol. The van der Waals surface area contributed by atoms with Gasteiger partial charge in [-0.05, 0) is 11.5 Å². The molecule has 0 unspecified atom stereocenters. The lowest BCUT2D eigenvalue weighted by Gasteiger charge is -1.97. The van der Waals surface area contributed by atoms with E-state index in [-0.39, 0.29) is 0 Å². The summed E-state index contributed by atoms with van der Waals surface area (Å²) in [5.41, 5.74) is 1.23. The minimum Gasteiger partial charge on any atom is -0.452 e. The summed E-state index contributed by atoms with van der Waals surface area (Å²) in [5.74, 6) is 0. The molecular formula is C15H12N2O. The molecule has 3 heteroatoms. The van der Waals surface area contributed by atoms with Gasteiger partial charge in [-0.1, -0.05) is 36.4 Å². The molecule has 3 nitrogen and oxygen atoms in total. The van der Waals surface area contributed by atoms with Gasteiger partial charge in [0.25, 0.3) is 0 Å². The van der Waals surface area contributed by atoms with Crippen LogP contribution in [-0.2, 0) is 0 Å². The molecule has 0 saturated carbocycles. The molecule has 0 aliphatic heterocycles. The van der Waals surface area contributed by atoms with Crippen LogP contribution >= 0.6 is 0 Å². The lowest BCUT2D eigenvalue weighted by atomic mass is 10.1. The number of nitrogens with one attached hydrogen (secondary N) is 1. The maximum absolute atomic E-state index is 4.47. The van der Waals surface area contributed by atoms with Crippen molar-refractivity contribution < 1.29 is 4.42 Å². The van der Waals surface area contributed by atoms with Crippen LogP contribution in [0.25, 0.3) is 21.7 Å². The third kappa shape index (κ3) is 1.98. The Bertz CT molecular complexity index is 724. The van der Waals surface area contributed by atoms with Gasteiger partial charge in [0, 0.05) is 17.0 Å². The quantitative estimate of drug-likeness (QED) is 0.501. The van der Waals surface area contributed by atoms with E-state index < -0.39 is 0 Å². The Balaban J connectivity index is 0.000000169. The van der Waals surface area contributed by atoms with Crippen LogP contribution in [0.5, 0.6) is 0 Å². The highest BCUT2D eigenvalue weighted by Crippen LogP contribution is 2.23. The molecule has 0 atom stereocenters. The third-order valence-electron chi connectivity index (χ3n) is 2.80. The van der Waals surface area contributed by atoms with Crippen molar-refractivity contribution in [3.63, 3.8) is 0 Å². The van der Waals surface area contributed by atoms with E-state index in [0.717, 1.165) is 0 Å². The van der Waals surface area contributed by atoms with Crippen LogP contribution in [0.1, 0.15) is 0 Å². The average Bonchev–Trinajstić information content (AvgIpc) is 3.12. The largest absolute Gasteiger partial charge is 0.452 e. The Kier molecular flexibility index (Phi) is 2.80. The monoisotopic (exact) mass is 236 g/mol. The third-order valence-corrected chi connectivity index (χ3v) is 2.80. The van der Waals surface area contributed by atoms with Crippen molar-refractivity contribution in [2.24, 2.45) is 0 Å². The molecule has 0 radical (unpaired) electrons. The van der Waals surface area contributed by atoms with Crippen LogP contribution in [0.2, 0.25) is 0 Å². The summed E-state index contributed by atoms with van der Waals surface area (Å²) in [6, 6.07) is 14.8. The standard InChI is InChI=1S/C12H9N.C3H3NO/c1-2-4-11-9(3-1)5-6-10-7-8-13-12(10)11;1-2-5-3-4-1/h1-8,13H;1-3H. The number of H-pyrrole nitrogens is 1. The van der Waals surface area contributed by atoms with E-state index in [1.54, 1.807) is 6.20 Å². The van der Waals surface area contributed by atoms with E-state index in [9.17, 15) is 0 Å². The zero-order chi connectivity index (χ0) is 12.2. The predicted octanol–water partition coefficient (Wildman–Crippen LogP) is 4.00. The van der Waals surface area contributed by atoms with Crippen LogP contribution in [0.15, 0.2) is 71.9 Å². The number of rotatable bonds is 0. The Morgan fingerprint density at radius 3 is 2.61 bits per heavy atom. The highest BCUT2D eigenvalue weighted by atomic mass is 16.3. The fourth-order valence-electron chi connectivity index (χ4n) is 1.98. The second-order valence-electron chi connectivity index (χ2n) is 3.90. The zero-order valence-electron chi connectivity index (χ0n) is 9.71. The van der Waals surface area contributed by atoms with E-state index in [0.29, 0.717) is 0 Å². The number of hydrogen-bond donors (Lipinski definition) is 1. The van der Waals surface area contributed by atoms with Crippen LogP contribution in [0.4, 0.5) is 0 Å². The van der Waals surface area contributed by atoms with Crippen molar-refractivity contribution in [3.05, 3.63) is 67.5 Å². The molecule has 1 N–H and O–H groups in total. The first-order valence-corrected chi connectivity index (χ1v) is 5.72. The highest BCUT2D eigenvalue weighted by molar-refractivity contribution is 6.05. The Morgan fingerprint density at radius 2 is 1.83 bits per heavy atom. The van der Waals surface area contributed by atoms with Crippen LogP contribution in [0, 0.1) is 0 Å². The van der Waals surface area contributed by atoms with E-state index in [4.69, 9.17) is 0 Å². The molecule has 2 aromatic heterocycles. The number of benzene rings is 2. The normalized spacial score (nSPS) is 10.2. The minimum absolute atomic E-state index is 1.23. The summed E-state index contributed by atoms with van der Waals surface area (Å²) < 4.78 is 4.47. The molecule has 2 heterocycles. The van der Waals surface area contributed by atoms with Crippen molar-refractivity contribution in [3.8, 4) is 0 Å². The van der Waals surface area contributed by atoms with Gasteiger partial charge in [0.1, 0.15) is 6.26 Å². The molecule has 0 spiro atoms. The fourth-order valence-corrected chi connectivity index (χ4v) is 1.98. The van der Waals surface area contributed by atoms with Crippen LogP contribution in [-0.4, -0.2) is 9.97 Å². The fraction of sp³-hybridized carbons (Fsp3) is 0. The van der Waals surface area contributed by atoms with Crippen molar-refractivity contribution in [2.45, 2.75) is 0 Å². The van der Waals surface area contributed by atoms with Crippen molar-refractivity contribution in [1.29, 1.82) is 0 Å². The predicted molar refractivity (Wildman–Crippen MR) is 72.3 cm³/mol. The summed E-state index contributed by atoms with van der Waals surface area (Å²) in [5, 5.41) is 3.86. The second-order valence-corrected chi connectivity index (χ2v) is 3.90. The van der Waals surface area contributed by atoms with Gasteiger partial charge in [0.05, 0.1) is 11.7 Å². The minimum atomic E-state index is 1.23. The number of nitrogens with zero attached hydrogens (tertiary/aromatic N) is 1. The molecule has 0 aliphatic carbocycles. The molecule has 88 valence electrons. The second kappa shape index (κ2) is 4.75. The van der Waals surface area contributed by atoms with E-state index in [2.05, 4.69) is 56.8 Å². The van der Waals surface area contributed by atoms with Gasteiger partial charge in [-0.15, -0.1) is 0 Å². The maximum atomic E-state index is 4.47. The molecule has 0 bridgehead atoms. The molecule has 0 amide bonds. The number of hydrogen-bond acceptors (Lipinski definition) is 2. The van der Waals surface area contributed by atoms with Gasteiger partial charge in [-0.3, -0.25) is 0 Å². The zero-order valence-corrected chi connectivity index (χ0v) is 9.71. The van der Waals surface area contributed by atoms with Gasteiger partial charge in [-0.2, -0.15) is 0 Å². The summed E-state index contributed by atoms with van der Waals surface area (Å²) in [7, 11) is 0. The molecular weight excluding hydrogens is 224 g/mol. The summed E-state index contributed by atoms with van der Waals surface area (Å²) in [6.45, 7) is 0. The molecule has 4 aromatic rings. The molecule has 0 saturated heterocycles. The van der Waals surface area contributed by atoms with E-state index >= 15 is 0 Å². The first-order valence-electron chi connectivity index (χ1n) is 5.72. The van der Waals surface area contributed by atoms with Gasteiger partial charge in [-0.25, -0.2) is 4.98 Å². The Hall–Kier alpha value is -2.55. The van der Waals surface area contributed by atoms with Crippen molar-refractivity contribution in [2.75, 3.05) is 0 Å². The number of fused-ring (bicyclic) bond motifs is 3. The Morgan fingerprint density at radius 1 is 0.944 bits per heavy atom. The number of oxazole rings is 1. The van der Waals surface area contributed by atoms with Gasteiger partial charge in [0.15, 0.2) is 6.39 Å². The number of aromatic nitrogens is 2. The molecule has 0 aliphatic rings.